The van der Waals surface area contributed by atoms with Gasteiger partial charge in [0, 0.05) is 13.0 Å². The molecule has 0 radical (unpaired) electrons. The maximum absolute atomic E-state index is 12.2. The summed E-state index contributed by atoms with van der Waals surface area (Å²) >= 11 is 0. The van der Waals surface area contributed by atoms with E-state index in [1.807, 2.05) is 4.72 Å². The number of aliphatic hydroxyl groups excluding tert-OH is 1. The first kappa shape index (κ1) is 20.9. The van der Waals surface area contributed by atoms with Crippen molar-refractivity contribution in [2.45, 2.75) is 24.9 Å². The van der Waals surface area contributed by atoms with E-state index in [1.165, 1.54) is 41.5 Å². The molecular weight excluding hydrogens is 430 g/mol. The van der Waals surface area contributed by atoms with Gasteiger partial charge in [-0.25, -0.2) is 19.7 Å². The number of nitrogens with two attached hydrogens (primary N) is 1. The first-order valence-electron chi connectivity index (χ1n) is 9.11. The minimum absolute atomic E-state index is 0.126. The van der Waals surface area contributed by atoms with Gasteiger partial charge in [-0.1, -0.05) is 12.1 Å². The minimum atomic E-state index is -4.24. The number of hydrogen-bond donors (Lipinski definition) is 5. The van der Waals surface area contributed by atoms with E-state index in [2.05, 4.69) is 19.7 Å². The number of para-hydroxylation sites is 1. The van der Waals surface area contributed by atoms with Crippen LogP contribution in [0.2, 0.25) is 0 Å². The number of hydrogen-bond acceptors (Lipinski definition) is 10. The number of aromatic hydroxyl groups is 1. The van der Waals surface area contributed by atoms with E-state index in [9.17, 15) is 23.4 Å². The molecule has 3 atom stereocenters. The molecule has 4 rings (SSSR count). The van der Waals surface area contributed by atoms with Crippen molar-refractivity contribution in [3.8, 4) is 5.75 Å². The van der Waals surface area contributed by atoms with Gasteiger partial charge in [-0.2, -0.15) is 13.1 Å². The van der Waals surface area contributed by atoms with Crippen LogP contribution in [0.3, 0.4) is 0 Å². The second-order valence-corrected chi connectivity index (χ2v) is 8.33. The molecule has 1 aliphatic heterocycles. The average Bonchev–Trinajstić information content (AvgIpc) is 3.30. The van der Waals surface area contributed by atoms with E-state index in [0.717, 1.165) is 0 Å². The summed E-state index contributed by atoms with van der Waals surface area (Å²) in [6.07, 6.45) is 0.288. The van der Waals surface area contributed by atoms with Gasteiger partial charge in [0.25, 0.3) is 5.91 Å². The number of fused-ring (bicyclic) bond motifs is 1. The first-order valence-corrected chi connectivity index (χ1v) is 10.6. The van der Waals surface area contributed by atoms with E-state index >= 15 is 0 Å². The van der Waals surface area contributed by atoms with Crippen molar-refractivity contribution in [3.05, 3.63) is 42.5 Å². The third kappa shape index (κ3) is 4.27. The second kappa shape index (κ2) is 8.07. The Hall–Kier alpha value is -3.33. The van der Waals surface area contributed by atoms with Crippen molar-refractivity contribution in [2.75, 3.05) is 12.3 Å². The number of aromatic nitrogens is 4. The number of nitrogen functional groups attached to an aromatic ring is 1. The van der Waals surface area contributed by atoms with Gasteiger partial charge in [-0.3, -0.25) is 9.36 Å². The third-order valence-corrected chi connectivity index (χ3v) is 5.70. The number of ether oxygens (including phenoxy) is 1. The van der Waals surface area contributed by atoms with Crippen LogP contribution in [0.25, 0.3) is 11.2 Å². The Morgan fingerprint density at radius 2 is 2.06 bits per heavy atom. The molecule has 6 N–H and O–H groups in total. The molecule has 3 aromatic rings. The monoisotopic (exact) mass is 449 g/mol. The lowest BCUT2D eigenvalue weighted by atomic mass is 10.2. The van der Waals surface area contributed by atoms with Crippen LogP contribution in [0.1, 0.15) is 23.0 Å². The molecule has 1 amide bonds. The van der Waals surface area contributed by atoms with Crippen LogP contribution >= 0.6 is 0 Å². The molecule has 1 aromatic carbocycles. The van der Waals surface area contributed by atoms with E-state index in [0.29, 0.717) is 11.2 Å². The molecule has 0 spiro atoms. The molecule has 13 nitrogen and oxygen atoms in total. The Kier molecular flexibility index (Phi) is 5.45. The molecule has 1 aliphatic rings. The van der Waals surface area contributed by atoms with E-state index in [-0.39, 0.29) is 30.1 Å². The Balaban J connectivity index is 1.40. The number of amides is 1. The van der Waals surface area contributed by atoms with Gasteiger partial charge in [-0.05, 0) is 12.1 Å². The number of aliphatic hydroxyl groups is 1. The SMILES string of the molecule is Nc1ncnc2c1ncn2[C@@H]1O[C@H](CNS(=O)(=O)NC(=O)c2ccccc2O)C[C@H]1O. The van der Waals surface area contributed by atoms with Crippen LogP contribution in [-0.4, -0.2) is 62.8 Å². The van der Waals surface area contributed by atoms with Crippen molar-refractivity contribution in [1.82, 2.24) is 29.0 Å². The number of phenolic OH excluding ortho intramolecular Hbond substituents is 1. The molecule has 0 saturated carbocycles. The van der Waals surface area contributed by atoms with Crippen LogP contribution in [0, 0.1) is 0 Å². The normalized spacial score (nSPS) is 21.4. The van der Waals surface area contributed by atoms with Gasteiger partial charge in [0.15, 0.2) is 17.7 Å². The number of rotatable bonds is 6. The van der Waals surface area contributed by atoms with Crippen molar-refractivity contribution >= 4 is 33.1 Å². The lowest BCUT2D eigenvalue weighted by molar-refractivity contribution is -0.0330. The molecule has 14 heteroatoms. The van der Waals surface area contributed by atoms with Crippen LogP contribution < -0.4 is 15.2 Å². The van der Waals surface area contributed by atoms with Gasteiger partial charge in [0.05, 0.1) is 18.0 Å². The summed E-state index contributed by atoms with van der Waals surface area (Å²) in [5, 5.41) is 20.1. The van der Waals surface area contributed by atoms with E-state index in [4.69, 9.17) is 10.5 Å². The molecule has 0 bridgehead atoms. The molecule has 31 heavy (non-hydrogen) atoms. The van der Waals surface area contributed by atoms with E-state index < -0.39 is 34.6 Å². The maximum atomic E-state index is 12.2. The van der Waals surface area contributed by atoms with Crippen LogP contribution in [0.15, 0.2) is 36.9 Å². The predicted octanol–water partition coefficient (Wildman–Crippen LogP) is -0.973. The molecule has 164 valence electrons. The molecule has 2 aromatic heterocycles. The number of nitrogens with one attached hydrogen (secondary N) is 2. The highest BCUT2D eigenvalue weighted by molar-refractivity contribution is 7.88. The molecular formula is C17H19N7O6S. The summed E-state index contributed by atoms with van der Waals surface area (Å²) < 4.78 is 35.7. The summed E-state index contributed by atoms with van der Waals surface area (Å²) in [6, 6.07) is 5.54. The average molecular weight is 449 g/mol. The van der Waals surface area contributed by atoms with Crippen molar-refractivity contribution in [2.24, 2.45) is 0 Å². The zero-order chi connectivity index (χ0) is 22.2. The fraction of sp³-hybridized carbons (Fsp3) is 0.294. The van der Waals surface area contributed by atoms with Crippen LogP contribution in [-0.2, 0) is 14.9 Å². The number of anilines is 1. The van der Waals surface area contributed by atoms with Crippen LogP contribution in [0.5, 0.6) is 5.75 Å². The van der Waals surface area contributed by atoms with Crippen molar-refractivity contribution in [1.29, 1.82) is 0 Å². The first-order chi connectivity index (χ1) is 14.7. The standard InChI is InChI=1S/C17H19N7O6S/c18-14-13-15(20-7-19-14)24(8-21-13)17-12(26)5-9(30-17)6-22-31(28,29)23-16(27)10-3-1-2-4-11(10)25/h1-4,7-9,12,17,22,25-26H,5-6H2,(H,23,27)(H2,18,19,20)/t9-,12+,17+/m0/s1. The molecule has 1 saturated heterocycles. The van der Waals surface area contributed by atoms with Gasteiger partial charge in [0.2, 0.25) is 0 Å². The highest BCUT2D eigenvalue weighted by Gasteiger charge is 2.37. The smallest absolute Gasteiger partial charge is 0.301 e. The highest BCUT2D eigenvalue weighted by Crippen LogP contribution is 2.31. The number of nitrogens with zero attached hydrogens (tertiary/aromatic N) is 4. The molecule has 0 aliphatic carbocycles. The summed E-state index contributed by atoms with van der Waals surface area (Å²) in [5.41, 5.74) is 6.30. The van der Waals surface area contributed by atoms with Gasteiger partial charge in [0.1, 0.15) is 23.7 Å². The van der Waals surface area contributed by atoms with Crippen molar-refractivity contribution < 1.29 is 28.2 Å². The van der Waals surface area contributed by atoms with Gasteiger partial charge in [-0.15, -0.1) is 0 Å². The predicted molar refractivity (Wildman–Crippen MR) is 107 cm³/mol. The summed E-state index contributed by atoms with van der Waals surface area (Å²) in [7, 11) is -4.24. The van der Waals surface area contributed by atoms with Gasteiger partial charge >= 0.3 is 10.2 Å². The Morgan fingerprint density at radius 3 is 2.84 bits per heavy atom. The molecule has 3 heterocycles. The third-order valence-electron chi connectivity index (χ3n) is 4.70. The Bertz CT molecular complexity index is 1230. The summed E-state index contributed by atoms with van der Waals surface area (Å²) in [4.78, 5) is 24.2. The Labute approximate surface area is 176 Å². The largest absolute Gasteiger partial charge is 0.507 e. The van der Waals surface area contributed by atoms with E-state index in [1.54, 1.807) is 0 Å². The topological polar surface area (TPSA) is 195 Å². The lowest BCUT2D eigenvalue weighted by Gasteiger charge is -2.17. The number of benzene rings is 1. The zero-order valence-electron chi connectivity index (χ0n) is 15.9. The summed E-state index contributed by atoms with van der Waals surface area (Å²) in [5.74, 6) is -1.16. The Morgan fingerprint density at radius 1 is 1.29 bits per heavy atom. The molecule has 0 unspecified atom stereocenters. The fourth-order valence-corrected chi connectivity index (χ4v) is 4.08. The number of phenols is 1. The highest BCUT2D eigenvalue weighted by atomic mass is 32.2. The number of carbonyl (C=O) groups excluding carboxylic acids is 1. The zero-order valence-corrected chi connectivity index (χ0v) is 16.7. The molecule has 1 fully saturated rings. The number of imidazole rings is 1. The van der Waals surface area contributed by atoms with Gasteiger partial charge < -0.3 is 20.7 Å². The minimum Gasteiger partial charge on any atom is -0.507 e. The second-order valence-electron chi connectivity index (χ2n) is 6.83. The quantitative estimate of drug-likeness (QED) is 0.312. The van der Waals surface area contributed by atoms with Crippen LogP contribution in [0.4, 0.5) is 5.82 Å². The number of carbonyl (C=O) groups is 1. The lowest BCUT2D eigenvalue weighted by Crippen LogP contribution is -2.43. The van der Waals surface area contributed by atoms with Crippen molar-refractivity contribution in [3.63, 3.8) is 0 Å². The fourth-order valence-electron chi connectivity index (χ4n) is 3.25. The summed E-state index contributed by atoms with van der Waals surface area (Å²) in [6.45, 7) is -0.208. The maximum Gasteiger partial charge on any atom is 0.301 e.